The van der Waals surface area contributed by atoms with Gasteiger partial charge in [-0.3, -0.25) is 4.79 Å². The minimum absolute atomic E-state index is 0.0731. The average molecular weight is 192 g/mol. The van der Waals surface area contributed by atoms with Crippen molar-refractivity contribution >= 4 is 5.97 Å². The summed E-state index contributed by atoms with van der Waals surface area (Å²) in [6, 6.07) is 0. The number of ether oxygens (including phenoxy) is 1. The second-order valence-electron chi connectivity index (χ2n) is 3.69. The van der Waals surface area contributed by atoms with E-state index in [0.29, 0.717) is 0 Å². The van der Waals surface area contributed by atoms with Crippen LogP contribution >= 0.6 is 0 Å². The van der Waals surface area contributed by atoms with Gasteiger partial charge in [0.1, 0.15) is 6.10 Å². The fourth-order valence-electron chi connectivity index (χ4n) is 1.75. The number of carbonyl (C=O) groups is 1. The molecule has 0 saturated carbocycles. The molecule has 1 aliphatic rings. The third-order valence-electron chi connectivity index (χ3n) is 2.31. The van der Waals surface area contributed by atoms with E-state index in [1.165, 1.54) is 6.92 Å². The van der Waals surface area contributed by atoms with Gasteiger partial charge in [-0.05, 0) is 19.4 Å². The van der Waals surface area contributed by atoms with Crippen LogP contribution in [-0.2, 0) is 9.53 Å². The molecule has 0 radical (unpaired) electrons. The summed E-state index contributed by atoms with van der Waals surface area (Å²) in [5.74, 6) is -0.190. The van der Waals surface area contributed by atoms with E-state index in [1.807, 2.05) is 19.1 Å². The number of allylic oxidation sites excluding steroid dienone is 1. The fraction of sp³-hybridized carbons (Fsp3) is 0.417. The molecular formula is C12H16O2. The van der Waals surface area contributed by atoms with Crippen LogP contribution < -0.4 is 0 Å². The van der Waals surface area contributed by atoms with Crippen molar-refractivity contribution < 1.29 is 9.53 Å². The van der Waals surface area contributed by atoms with Crippen LogP contribution in [0.4, 0.5) is 0 Å². The Hall–Kier alpha value is -1.31. The molecule has 0 heterocycles. The molecule has 0 aromatic heterocycles. The molecule has 0 bridgehead atoms. The summed E-state index contributed by atoms with van der Waals surface area (Å²) in [6.07, 6.45) is 4.52. The Morgan fingerprint density at radius 2 is 2.21 bits per heavy atom. The fourth-order valence-corrected chi connectivity index (χ4v) is 1.75. The zero-order valence-corrected chi connectivity index (χ0v) is 8.75. The van der Waals surface area contributed by atoms with E-state index in [0.717, 1.165) is 17.6 Å². The van der Waals surface area contributed by atoms with Gasteiger partial charge in [0.05, 0.1) is 0 Å². The smallest absolute Gasteiger partial charge is 0.303 e. The summed E-state index contributed by atoms with van der Waals surface area (Å²) in [7, 11) is 0. The van der Waals surface area contributed by atoms with Crippen molar-refractivity contribution in [1.82, 2.24) is 0 Å². The molecule has 2 atom stereocenters. The van der Waals surface area contributed by atoms with Crippen LogP contribution in [0.3, 0.4) is 0 Å². The molecule has 0 amide bonds. The normalized spacial score (nSPS) is 26.0. The predicted molar refractivity (Wildman–Crippen MR) is 56.8 cm³/mol. The molecular weight excluding hydrogens is 176 g/mol. The van der Waals surface area contributed by atoms with E-state index in [-0.39, 0.29) is 18.0 Å². The summed E-state index contributed by atoms with van der Waals surface area (Å²) >= 11 is 0. The van der Waals surface area contributed by atoms with Crippen molar-refractivity contribution in [2.24, 2.45) is 5.92 Å². The minimum atomic E-state index is -0.263. The molecule has 2 heteroatoms. The first-order valence-electron chi connectivity index (χ1n) is 4.69. The Morgan fingerprint density at radius 1 is 1.57 bits per heavy atom. The summed E-state index contributed by atoms with van der Waals surface area (Å²) in [5.41, 5.74) is 2.05. The zero-order valence-electron chi connectivity index (χ0n) is 8.75. The molecule has 0 N–H and O–H groups in total. The first kappa shape index (κ1) is 10.8. The molecule has 0 aromatic rings. The summed E-state index contributed by atoms with van der Waals surface area (Å²) < 4.78 is 5.19. The van der Waals surface area contributed by atoms with Crippen molar-refractivity contribution in [3.05, 3.63) is 36.5 Å². The van der Waals surface area contributed by atoms with Crippen LogP contribution in [-0.4, -0.2) is 12.1 Å². The van der Waals surface area contributed by atoms with Gasteiger partial charge in [-0.15, -0.1) is 0 Å². The number of hydrogen-bond acceptors (Lipinski definition) is 2. The largest absolute Gasteiger partial charge is 0.457 e. The van der Waals surface area contributed by atoms with E-state index in [9.17, 15) is 4.79 Å². The van der Waals surface area contributed by atoms with Gasteiger partial charge in [0.25, 0.3) is 0 Å². The molecule has 76 valence electrons. The van der Waals surface area contributed by atoms with Gasteiger partial charge in [-0.25, -0.2) is 0 Å². The van der Waals surface area contributed by atoms with Gasteiger partial charge in [0.15, 0.2) is 0 Å². The lowest BCUT2D eigenvalue weighted by Crippen LogP contribution is -2.28. The van der Waals surface area contributed by atoms with E-state index in [1.54, 1.807) is 0 Å². The van der Waals surface area contributed by atoms with Gasteiger partial charge in [0.2, 0.25) is 0 Å². The SMILES string of the molecule is C=C(C)[C@@H]1C(=C)CC=C[C@@H]1OC(C)=O. The van der Waals surface area contributed by atoms with Gasteiger partial charge >= 0.3 is 5.97 Å². The maximum absolute atomic E-state index is 10.9. The quantitative estimate of drug-likeness (QED) is 0.496. The molecule has 2 nitrogen and oxygen atoms in total. The molecule has 0 saturated heterocycles. The molecule has 1 aliphatic carbocycles. The van der Waals surface area contributed by atoms with Gasteiger partial charge in [-0.1, -0.05) is 30.4 Å². The number of rotatable bonds is 2. The lowest BCUT2D eigenvalue weighted by Gasteiger charge is -2.29. The Morgan fingerprint density at radius 3 is 2.71 bits per heavy atom. The topological polar surface area (TPSA) is 26.3 Å². The molecule has 0 aliphatic heterocycles. The van der Waals surface area contributed by atoms with Crippen molar-refractivity contribution in [2.75, 3.05) is 0 Å². The maximum Gasteiger partial charge on any atom is 0.303 e. The highest BCUT2D eigenvalue weighted by Crippen LogP contribution is 2.30. The van der Waals surface area contributed by atoms with Crippen LogP contribution in [0.15, 0.2) is 36.5 Å². The average Bonchev–Trinajstić information content (AvgIpc) is 2.01. The van der Waals surface area contributed by atoms with Crippen LogP contribution in [0.5, 0.6) is 0 Å². The van der Waals surface area contributed by atoms with Crippen molar-refractivity contribution in [3.8, 4) is 0 Å². The third kappa shape index (κ3) is 2.34. The molecule has 14 heavy (non-hydrogen) atoms. The number of esters is 1. The van der Waals surface area contributed by atoms with E-state index in [4.69, 9.17) is 4.74 Å². The predicted octanol–water partition coefficient (Wildman–Crippen LogP) is 2.63. The minimum Gasteiger partial charge on any atom is -0.457 e. The van der Waals surface area contributed by atoms with Crippen LogP contribution in [0.25, 0.3) is 0 Å². The van der Waals surface area contributed by atoms with E-state index < -0.39 is 0 Å². The van der Waals surface area contributed by atoms with Crippen molar-refractivity contribution in [2.45, 2.75) is 26.4 Å². The number of hydrogen-bond donors (Lipinski definition) is 0. The summed E-state index contributed by atoms with van der Waals surface area (Å²) in [4.78, 5) is 10.9. The maximum atomic E-state index is 10.9. The van der Waals surface area contributed by atoms with Crippen molar-refractivity contribution in [1.29, 1.82) is 0 Å². The van der Waals surface area contributed by atoms with E-state index in [2.05, 4.69) is 13.2 Å². The van der Waals surface area contributed by atoms with Crippen LogP contribution in [0, 0.1) is 5.92 Å². The molecule has 0 unspecified atom stereocenters. The van der Waals surface area contributed by atoms with Gasteiger partial charge in [0, 0.05) is 12.8 Å². The van der Waals surface area contributed by atoms with Crippen LogP contribution in [0.1, 0.15) is 20.3 Å². The lowest BCUT2D eigenvalue weighted by atomic mass is 9.83. The molecule has 0 spiro atoms. The van der Waals surface area contributed by atoms with E-state index >= 15 is 0 Å². The first-order chi connectivity index (χ1) is 6.52. The Labute approximate surface area is 85.0 Å². The highest BCUT2D eigenvalue weighted by Gasteiger charge is 2.27. The third-order valence-corrected chi connectivity index (χ3v) is 2.31. The van der Waals surface area contributed by atoms with Gasteiger partial charge in [-0.2, -0.15) is 0 Å². The molecule has 0 fully saturated rings. The van der Waals surface area contributed by atoms with Gasteiger partial charge < -0.3 is 4.74 Å². The lowest BCUT2D eigenvalue weighted by molar-refractivity contribution is -0.145. The molecule has 0 aromatic carbocycles. The zero-order chi connectivity index (χ0) is 10.7. The standard InChI is InChI=1S/C12H16O2/c1-8(2)12-9(3)6-5-7-11(12)14-10(4)13/h5,7,11-12H,1,3,6H2,2,4H3/t11-,12+/m0/s1. The van der Waals surface area contributed by atoms with Crippen LogP contribution in [0.2, 0.25) is 0 Å². The second kappa shape index (κ2) is 4.27. The Kier molecular flexibility index (Phi) is 3.28. The first-order valence-corrected chi connectivity index (χ1v) is 4.69. The second-order valence-corrected chi connectivity index (χ2v) is 3.69. The Balaban J connectivity index is 2.84. The highest BCUT2D eigenvalue weighted by molar-refractivity contribution is 5.66. The summed E-state index contributed by atoms with van der Waals surface area (Å²) in [6.45, 7) is 11.2. The number of carbonyl (C=O) groups excluding carboxylic acids is 1. The van der Waals surface area contributed by atoms with Crippen molar-refractivity contribution in [3.63, 3.8) is 0 Å². The Bertz CT molecular complexity index is 299. The summed E-state index contributed by atoms with van der Waals surface area (Å²) in [5, 5.41) is 0. The molecule has 1 rings (SSSR count). The highest BCUT2D eigenvalue weighted by atomic mass is 16.5. The monoisotopic (exact) mass is 192 g/mol.